The maximum atomic E-state index is 12.7. The first-order valence-corrected chi connectivity index (χ1v) is 6.51. The van der Waals surface area contributed by atoms with Crippen LogP contribution in [0.4, 0.5) is 4.39 Å². The Morgan fingerprint density at radius 1 is 1.20 bits per heavy atom. The molecule has 8 heteroatoms. The van der Waals surface area contributed by atoms with Crippen LogP contribution in [-0.4, -0.2) is 42.3 Å². The number of carbonyl (C=O) groups excluding carboxylic acids is 1. The standard InChI is InChI=1S/C12H15FN4O2S/c13-10-3-1-9(2-4-10)11(18)14-15-12(20)16-17-5-7-19-8-6-17/h1-4H,5-8H2,(H,14,18)(H2,15,16,20). The number of amides is 1. The molecule has 0 radical (unpaired) electrons. The van der Waals surface area contributed by atoms with Crippen LogP contribution in [0.3, 0.4) is 0 Å². The van der Waals surface area contributed by atoms with E-state index in [1.54, 1.807) is 0 Å². The molecular weight excluding hydrogens is 283 g/mol. The maximum Gasteiger partial charge on any atom is 0.269 e. The molecule has 6 nitrogen and oxygen atoms in total. The molecule has 20 heavy (non-hydrogen) atoms. The minimum absolute atomic E-state index is 0.280. The van der Waals surface area contributed by atoms with Crippen LogP contribution in [0.5, 0.6) is 0 Å². The summed E-state index contributed by atoms with van der Waals surface area (Å²) in [7, 11) is 0. The van der Waals surface area contributed by atoms with Crippen molar-refractivity contribution >= 4 is 23.2 Å². The first-order chi connectivity index (χ1) is 9.65. The van der Waals surface area contributed by atoms with Crippen LogP contribution >= 0.6 is 12.2 Å². The number of nitrogens with zero attached hydrogens (tertiary/aromatic N) is 1. The first kappa shape index (κ1) is 14.6. The highest BCUT2D eigenvalue weighted by Crippen LogP contribution is 2.01. The number of benzene rings is 1. The van der Waals surface area contributed by atoms with Gasteiger partial charge in [-0.2, -0.15) is 0 Å². The van der Waals surface area contributed by atoms with Crippen LogP contribution in [-0.2, 0) is 4.74 Å². The van der Waals surface area contributed by atoms with E-state index in [2.05, 4.69) is 16.3 Å². The highest BCUT2D eigenvalue weighted by molar-refractivity contribution is 7.80. The Morgan fingerprint density at radius 2 is 1.85 bits per heavy atom. The molecule has 0 unspecified atom stereocenters. The number of hydrazine groups is 2. The fourth-order valence-electron chi connectivity index (χ4n) is 1.63. The second-order valence-corrected chi connectivity index (χ2v) is 4.53. The Morgan fingerprint density at radius 3 is 2.50 bits per heavy atom. The third kappa shape index (κ3) is 4.41. The lowest BCUT2D eigenvalue weighted by Gasteiger charge is -2.28. The quantitative estimate of drug-likeness (QED) is 0.535. The summed E-state index contributed by atoms with van der Waals surface area (Å²) in [5, 5.41) is 2.17. The number of halogens is 1. The van der Waals surface area contributed by atoms with Crippen molar-refractivity contribution in [2.75, 3.05) is 26.3 Å². The molecule has 1 aliphatic rings. The van der Waals surface area contributed by atoms with Gasteiger partial charge in [-0.1, -0.05) is 0 Å². The fourth-order valence-corrected chi connectivity index (χ4v) is 1.81. The summed E-state index contributed by atoms with van der Waals surface area (Å²) in [4.78, 5) is 11.7. The minimum atomic E-state index is -0.392. The van der Waals surface area contributed by atoms with Crippen LogP contribution in [0.25, 0.3) is 0 Å². The molecule has 0 bridgehead atoms. The molecule has 1 saturated heterocycles. The summed E-state index contributed by atoms with van der Waals surface area (Å²) in [6.45, 7) is 2.70. The lowest BCUT2D eigenvalue weighted by atomic mass is 10.2. The van der Waals surface area contributed by atoms with Gasteiger partial charge in [0.1, 0.15) is 5.82 Å². The van der Waals surface area contributed by atoms with E-state index in [9.17, 15) is 9.18 Å². The van der Waals surface area contributed by atoms with E-state index in [0.717, 1.165) is 0 Å². The maximum absolute atomic E-state index is 12.7. The van der Waals surface area contributed by atoms with Gasteiger partial charge in [-0.15, -0.1) is 0 Å². The summed E-state index contributed by atoms with van der Waals surface area (Å²) in [6.07, 6.45) is 0. The number of morpholine rings is 1. The number of rotatable bonds is 2. The van der Waals surface area contributed by atoms with Gasteiger partial charge in [0, 0.05) is 18.7 Å². The number of hydrogen-bond donors (Lipinski definition) is 3. The molecule has 108 valence electrons. The largest absolute Gasteiger partial charge is 0.379 e. The zero-order valence-electron chi connectivity index (χ0n) is 10.7. The molecule has 1 aromatic rings. The van der Waals surface area contributed by atoms with Gasteiger partial charge in [-0.05, 0) is 36.5 Å². The van der Waals surface area contributed by atoms with E-state index < -0.39 is 5.91 Å². The molecule has 1 aliphatic heterocycles. The summed E-state index contributed by atoms with van der Waals surface area (Å²) in [5.41, 5.74) is 8.30. The Labute approximate surface area is 121 Å². The van der Waals surface area contributed by atoms with Gasteiger partial charge in [0.2, 0.25) is 0 Å². The van der Waals surface area contributed by atoms with Crippen LogP contribution < -0.4 is 16.3 Å². The number of thiocarbonyl (C=S) groups is 1. The van der Waals surface area contributed by atoms with Crippen LogP contribution in [0.1, 0.15) is 10.4 Å². The third-order valence-electron chi connectivity index (χ3n) is 2.67. The predicted octanol–water partition coefficient (Wildman–Crippen LogP) is 0.182. The highest BCUT2D eigenvalue weighted by atomic mass is 32.1. The number of ether oxygens (including phenoxy) is 1. The first-order valence-electron chi connectivity index (χ1n) is 6.10. The lowest BCUT2D eigenvalue weighted by Crippen LogP contribution is -2.55. The monoisotopic (exact) mass is 298 g/mol. The van der Waals surface area contributed by atoms with Crippen molar-refractivity contribution in [2.45, 2.75) is 0 Å². The van der Waals surface area contributed by atoms with Crippen molar-refractivity contribution in [3.8, 4) is 0 Å². The normalized spacial score (nSPS) is 15.4. The van der Waals surface area contributed by atoms with Crippen LogP contribution in [0.2, 0.25) is 0 Å². The van der Waals surface area contributed by atoms with Gasteiger partial charge >= 0.3 is 0 Å². The molecule has 0 aromatic heterocycles. The van der Waals surface area contributed by atoms with E-state index in [4.69, 9.17) is 17.0 Å². The summed E-state index contributed by atoms with van der Waals surface area (Å²) < 4.78 is 17.9. The Bertz CT molecular complexity index is 477. The number of hydrogen-bond acceptors (Lipinski definition) is 4. The van der Waals surface area contributed by atoms with Crippen LogP contribution in [0, 0.1) is 5.82 Å². The summed E-state index contributed by atoms with van der Waals surface area (Å²) >= 11 is 5.04. The minimum Gasteiger partial charge on any atom is -0.379 e. The zero-order valence-corrected chi connectivity index (χ0v) is 11.5. The summed E-state index contributed by atoms with van der Waals surface area (Å²) in [5.74, 6) is -0.782. The molecule has 0 spiro atoms. The lowest BCUT2D eigenvalue weighted by molar-refractivity contribution is 0.0245. The van der Waals surface area contributed by atoms with Gasteiger partial charge in [-0.25, -0.2) is 9.40 Å². The molecular formula is C12H15FN4O2S. The molecule has 0 saturated carbocycles. The Hall–Kier alpha value is -1.77. The second-order valence-electron chi connectivity index (χ2n) is 4.13. The molecule has 3 N–H and O–H groups in total. The number of carbonyl (C=O) groups is 1. The van der Waals surface area contributed by atoms with Gasteiger partial charge in [-0.3, -0.25) is 21.1 Å². The molecule has 1 fully saturated rings. The smallest absolute Gasteiger partial charge is 0.269 e. The fraction of sp³-hybridized carbons (Fsp3) is 0.333. The van der Waals surface area contributed by atoms with Crippen molar-refractivity contribution in [3.63, 3.8) is 0 Å². The Balaban J connectivity index is 1.75. The average molecular weight is 298 g/mol. The summed E-state index contributed by atoms with van der Waals surface area (Å²) in [6, 6.07) is 5.23. The van der Waals surface area contributed by atoms with Crippen molar-refractivity contribution in [1.29, 1.82) is 0 Å². The van der Waals surface area contributed by atoms with Gasteiger partial charge in [0.15, 0.2) is 5.11 Å². The molecule has 1 aromatic carbocycles. The van der Waals surface area contributed by atoms with Crippen molar-refractivity contribution in [1.82, 2.24) is 21.3 Å². The van der Waals surface area contributed by atoms with Gasteiger partial charge in [0.25, 0.3) is 5.91 Å². The molecule has 2 rings (SSSR count). The van der Waals surface area contributed by atoms with Gasteiger partial charge < -0.3 is 4.74 Å². The van der Waals surface area contributed by atoms with E-state index in [0.29, 0.717) is 31.9 Å². The SMILES string of the molecule is O=C(NNC(=S)NN1CCOCC1)c1ccc(F)cc1. The van der Waals surface area contributed by atoms with Crippen molar-refractivity contribution in [3.05, 3.63) is 35.6 Å². The second kappa shape index (κ2) is 7.13. The average Bonchev–Trinajstić information content (AvgIpc) is 2.46. The van der Waals surface area contributed by atoms with E-state index in [1.807, 2.05) is 5.01 Å². The molecule has 0 aliphatic carbocycles. The number of nitrogens with one attached hydrogen (secondary N) is 3. The molecule has 0 atom stereocenters. The van der Waals surface area contributed by atoms with E-state index in [-0.39, 0.29) is 10.9 Å². The van der Waals surface area contributed by atoms with Crippen molar-refractivity contribution < 1.29 is 13.9 Å². The van der Waals surface area contributed by atoms with Crippen LogP contribution in [0.15, 0.2) is 24.3 Å². The third-order valence-corrected chi connectivity index (χ3v) is 2.86. The molecule has 1 heterocycles. The van der Waals surface area contributed by atoms with E-state index in [1.165, 1.54) is 24.3 Å². The Kier molecular flexibility index (Phi) is 5.22. The van der Waals surface area contributed by atoms with Crippen molar-refractivity contribution in [2.24, 2.45) is 0 Å². The van der Waals surface area contributed by atoms with E-state index >= 15 is 0 Å². The molecule has 1 amide bonds. The van der Waals surface area contributed by atoms with Gasteiger partial charge in [0.05, 0.1) is 13.2 Å². The topological polar surface area (TPSA) is 65.6 Å². The zero-order chi connectivity index (χ0) is 14.4. The predicted molar refractivity (Wildman–Crippen MR) is 75.1 cm³/mol. The highest BCUT2D eigenvalue weighted by Gasteiger charge is 2.11.